The SMILES string of the molecule is COC(=O)C1(NCC(C)C)CCN(c2ccccc2)CC1. The molecule has 21 heavy (non-hydrogen) atoms. The molecule has 0 amide bonds. The van der Waals surface area contributed by atoms with Crippen LogP contribution in [0.5, 0.6) is 0 Å². The highest BCUT2D eigenvalue weighted by molar-refractivity contribution is 5.81. The molecule has 116 valence electrons. The predicted molar refractivity (Wildman–Crippen MR) is 85.5 cm³/mol. The molecule has 1 saturated heterocycles. The zero-order valence-corrected chi connectivity index (χ0v) is 13.3. The van der Waals surface area contributed by atoms with Gasteiger partial charge < -0.3 is 15.0 Å². The molecular weight excluding hydrogens is 264 g/mol. The smallest absolute Gasteiger partial charge is 0.326 e. The number of rotatable bonds is 5. The monoisotopic (exact) mass is 290 g/mol. The van der Waals surface area contributed by atoms with E-state index in [0.717, 1.165) is 32.5 Å². The number of hydrogen-bond acceptors (Lipinski definition) is 4. The summed E-state index contributed by atoms with van der Waals surface area (Å²) >= 11 is 0. The van der Waals surface area contributed by atoms with Gasteiger partial charge in [0.15, 0.2) is 0 Å². The van der Waals surface area contributed by atoms with Gasteiger partial charge in [0, 0.05) is 18.8 Å². The fourth-order valence-electron chi connectivity index (χ4n) is 2.83. The van der Waals surface area contributed by atoms with E-state index in [0.29, 0.717) is 5.92 Å². The molecule has 0 atom stereocenters. The van der Waals surface area contributed by atoms with Crippen molar-refractivity contribution < 1.29 is 9.53 Å². The van der Waals surface area contributed by atoms with Gasteiger partial charge in [-0.3, -0.25) is 4.79 Å². The fraction of sp³-hybridized carbons (Fsp3) is 0.588. The third-order valence-electron chi connectivity index (χ3n) is 4.16. The molecule has 0 bridgehead atoms. The van der Waals surface area contributed by atoms with E-state index in [1.54, 1.807) is 0 Å². The molecule has 1 fully saturated rings. The molecule has 2 rings (SSSR count). The Kier molecular flexibility index (Phi) is 5.23. The van der Waals surface area contributed by atoms with Crippen molar-refractivity contribution in [2.75, 3.05) is 31.6 Å². The standard InChI is InChI=1S/C17H26N2O2/c1-14(2)13-18-17(16(20)21-3)9-11-19(12-10-17)15-7-5-4-6-8-15/h4-8,14,18H,9-13H2,1-3H3. The second kappa shape index (κ2) is 6.94. The minimum atomic E-state index is -0.524. The van der Waals surface area contributed by atoms with Gasteiger partial charge in [-0.1, -0.05) is 32.0 Å². The van der Waals surface area contributed by atoms with Crippen molar-refractivity contribution in [3.63, 3.8) is 0 Å². The summed E-state index contributed by atoms with van der Waals surface area (Å²) in [7, 11) is 1.48. The molecule has 4 heteroatoms. The Bertz CT molecular complexity index is 451. The van der Waals surface area contributed by atoms with Crippen LogP contribution >= 0.6 is 0 Å². The second-order valence-electron chi connectivity index (χ2n) is 6.17. The minimum Gasteiger partial charge on any atom is -0.468 e. The maximum Gasteiger partial charge on any atom is 0.326 e. The first-order valence-corrected chi connectivity index (χ1v) is 7.71. The fourth-order valence-corrected chi connectivity index (χ4v) is 2.83. The Hall–Kier alpha value is -1.55. The molecule has 1 heterocycles. The van der Waals surface area contributed by atoms with Crippen molar-refractivity contribution >= 4 is 11.7 Å². The van der Waals surface area contributed by atoms with Crippen molar-refractivity contribution in [3.05, 3.63) is 30.3 Å². The zero-order valence-electron chi connectivity index (χ0n) is 13.3. The molecule has 0 unspecified atom stereocenters. The van der Waals surface area contributed by atoms with Crippen LogP contribution in [-0.2, 0) is 9.53 Å². The van der Waals surface area contributed by atoms with E-state index in [1.807, 2.05) is 6.07 Å². The van der Waals surface area contributed by atoms with Crippen LogP contribution in [0.15, 0.2) is 30.3 Å². The number of nitrogens with one attached hydrogen (secondary N) is 1. The predicted octanol–water partition coefficient (Wildman–Crippen LogP) is 2.44. The molecule has 1 N–H and O–H groups in total. The van der Waals surface area contributed by atoms with E-state index < -0.39 is 5.54 Å². The first-order valence-electron chi connectivity index (χ1n) is 7.71. The number of anilines is 1. The molecule has 0 spiro atoms. The van der Waals surface area contributed by atoms with E-state index in [9.17, 15) is 4.79 Å². The third-order valence-corrected chi connectivity index (χ3v) is 4.16. The van der Waals surface area contributed by atoms with Gasteiger partial charge in [0.05, 0.1) is 7.11 Å². The van der Waals surface area contributed by atoms with Crippen molar-refractivity contribution in [3.8, 4) is 0 Å². The number of para-hydroxylation sites is 1. The van der Waals surface area contributed by atoms with Gasteiger partial charge in [-0.15, -0.1) is 0 Å². The van der Waals surface area contributed by atoms with E-state index in [4.69, 9.17) is 4.74 Å². The van der Waals surface area contributed by atoms with Crippen molar-refractivity contribution in [2.45, 2.75) is 32.2 Å². The average molecular weight is 290 g/mol. The summed E-state index contributed by atoms with van der Waals surface area (Å²) in [4.78, 5) is 14.6. The summed E-state index contributed by atoms with van der Waals surface area (Å²) in [5, 5.41) is 3.46. The normalized spacial score (nSPS) is 17.8. The minimum absolute atomic E-state index is 0.129. The maximum absolute atomic E-state index is 12.2. The summed E-state index contributed by atoms with van der Waals surface area (Å²) < 4.78 is 5.05. The Balaban J connectivity index is 2.04. The van der Waals surface area contributed by atoms with Crippen LogP contribution in [-0.4, -0.2) is 38.3 Å². The summed E-state index contributed by atoms with van der Waals surface area (Å²) in [6.45, 7) is 6.86. The van der Waals surface area contributed by atoms with E-state index in [-0.39, 0.29) is 5.97 Å². The summed E-state index contributed by atoms with van der Waals surface area (Å²) in [5.74, 6) is 0.384. The van der Waals surface area contributed by atoms with Gasteiger partial charge in [-0.25, -0.2) is 0 Å². The molecular formula is C17H26N2O2. The number of esters is 1. The van der Waals surface area contributed by atoms with Gasteiger partial charge in [0.2, 0.25) is 0 Å². The number of carbonyl (C=O) groups excluding carboxylic acids is 1. The van der Waals surface area contributed by atoms with Gasteiger partial charge in [0.25, 0.3) is 0 Å². The van der Waals surface area contributed by atoms with Crippen LogP contribution in [0.25, 0.3) is 0 Å². The van der Waals surface area contributed by atoms with Crippen LogP contribution in [0.4, 0.5) is 5.69 Å². The van der Waals surface area contributed by atoms with Crippen LogP contribution in [0.1, 0.15) is 26.7 Å². The lowest BCUT2D eigenvalue weighted by molar-refractivity contribution is -0.149. The zero-order chi connectivity index (χ0) is 15.3. The first-order chi connectivity index (χ1) is 10.1. The third kappa shape index (κ3) is 3.76. The highest BCUT2D eigenvalue weighted by Crippen LogP contribution is 2.27. The van der Waals surface area contributed by atoms with E-state index in [2.05, 4.69) is 48.3 Å². The number of methoxy groups -OCH3 is 1. The molecule has 4 nitrogen and oxygen atoms in total. The first kappa shape index (κ1) is 15.8. The number of hydrogen-bond donors (Lipinski definition) is 1. The summed E-state index contributed by atoms with van der Waals surface area (Å²) in [5.41, 5.74) is 0.699. The van der Waals surface area contributed by atoms with Gasteiger partial charge in [-0.2, -0.15) is 0 Å². The lowest BCUT2D eigenvalue weighted by Crippen LogP contribution is -2.59. The van der Waals surface area contributed by atoms with Gasteiger partial charge >= 0.3 is 5.97 Å². The van der Waals surface area contributed by atoms with Crippen LogP contribution in [0.3, 0.4) is 0 Å². The number of benzene rings is 1. The van der Waals surface area contributed by atoms with Gasteiger partial charge in [0.1, 0.15) is 5.54 Å². The Labute approximate surface area is 127 Å². The molecule has 0 aliphatic carbocycles. The Morgan fingerprint density at radius 3 is 2.43 bits per heavy atom. The number of nitrogens with zero attached hydrogens (tertiary/aromatic N) is 1. The molecule has 0 radical (unpaired) electrons. The molecule has 0 saturated carbocycles. The average Bonchev–Trinajstić information content (AvgIpc) is 2.53. The Morgan fingerprint density at radius 2 is 1.90 bits per heavy atom. The number of ether oxygens (including phenoxy) is 1. The van der Waals surface area contributed by atoms with Crippen molar-refractivity contribution in [1.82, 2.24) is 5.32 Å². The largest absolute Gasteiger partial charge is 0.468 e. The molecule has 0 aromatic heterocycles. The lowest BCUT2D eigenvalue weighted by atomic mass is 9.86. The summed E-state index contributed by atoms with van der Waals surface area (Å²) in [6, 6.07) is 10.4. The topological polar surface area (TPSA) is 41.6 Å². The second-order valence-corrected chi connectivity index (χ2v) is 6.17. The van der Waals surface area contributed by atoms with Crippen LogP contribution in [0, 0.1) is 5.92 Å². The maximum atomic E-state index is 12.2. The molecule has 1 aromatic carbocycles. The van der Waals surface area contributed by atoms with Gasteiger partial charge in [-0.05, 0) is 37.4 Å². The molecule has 1 aromatic rings. The van der Waals surface area contributed by atoms with Crippen LogP contribution < -0.4 is 10.2 Å². The van der Waals surface area contributed by atoms with Crippen molar-refractivity contribution in [1.29, 1.82) is 0 Å². The highest BCUT2D eigenvalue weighted by atomic mass is 16.5. The molecule has 1 aliphatic heterocycles. The quantitative estimate of drug-likeness (QED) is 0.846. The highest BCUT2D eigenvalue weighted by Gasteiger charge is 2.42. The number of piperidine rings is 1. The lowest BCUT2D eigenvalue weighted by Gasteiger charge is -2.41. The van der Waals surface area contributed by atoms with E-state index >= 15 is 0 Å². The molecule has 1 aliphatic rings. The Morgan fingerprint density at radius 1 is 1.29 bits per heavy atom. The van der Waals surface area contributed by atoms with E-state index in [1.165, 1.54) is 12.8 Å². The number of carbonyl (C=O) groups is 1. The summed E-state index contributed by atoms with van der Waals surface area (Å²) in [6.07, 6.45) is 1.56. The van der Waals surface area contributed by atoms with Crippen LogP contribution in [0.2, 0.25) is 0 Å². The van der Waals surface area contributed by atoms with Crippen molar-refractivity contribution in [2.24, 2.45) is 5.92 Å².